The summed E-state index contributed by atoms with van der Waals surface area (Å²) >= 11 is 0. The lowest BCUT2D eigenvalue weighted by Gasteiger charge is -2.10. The molecule has 0 aliphatic heterocycles. The summed E-state index contributed by atoms with van der Waals surface area (Å²) in [5.41, 5.74) is 0. The van der Waals surface area contributed by atoms with Gasteiger partial charge in [-0.3, -0.25) is 4.18 Å². The molecule has 0 aliphatic carbocycles. The second kappa shape index (κ2) is 4.66. The SMILES string of the molecule is CS(=O)(=O)O[C@H](CO)CCO. The van der Waals surface area contributed by atoms with Gasteiger partial charge < -0.3 is 10.2 Å². The Kier molecular flexibility index (Phi) is 4.58. The van der Waals surface area contributed by atoms with Gasteiger partial charge in [-0.25, -0.2) is 0 Å². The minimum atomic E-state index is -3.53. The van der Waals surface area contributed by atoms with E-state index in [4.69, 9.17) is 10.2 Å². The van der Waals surface area contributed by atoms with Crippen molar-refractivity contribution in [2.24, 2.45) is 0 Å². The average molecular weight is 184 g/mol. The van der Waals surface area contributed by atoms with Crippen molar-refractivity contribution in [3.05, 3.63) is 0 Å². The number of rotatable bonds is 5. The van der Waals surface area contributed by atoms with E-state index in [9.17, 15) is 8.42 Å². The van der Waals surface area contributed by atoms with Crippen LogP contribution in [-0.4, -0.2) is 44.2 Å². The maximum Gasteiger partial charge on any atom is 0.264 e. The first-order chi connectivity index (χ1) is 4.99. The van der Waals surface area contributed by atoms with Gasteiger partial charge in [0.15, 0.2) is 0 Å². The quantitative estimate of drug-likeness (QED) is 0.519. The van der Waals surface area contributed by atoms with Gasteiger partial charge in [0.2, 0.25) is 0 Å². The Balaban J connectivity index is 3.88. The lowest BCUT2D eigenvalue weighted by Crippen LogP contribution is -2.22. The summed E-state index contributed by atoms with van der Waals surface area (Å²) in [5.74, 6) is 0. The topological polar surface area (TPSA) is 83.8 Å². The largest absolute Gasteiger partial charge is 0.396 e. The molecule has 0 saturated carbocycles. The minimum absolute atomic E-state index is 0.115. The van der Waals surface area contributed by atoms with Crippen LogP contribution in [0.4, 0.5) is 0 Å². The Morgan fingerprint density at radius 1 is 1.45 bits per heavy atom. The molecule has 0 heterocycles. The molecule has 11 heavy (non-hydrogen) atoms. The fourth-order valence-corrected chi connectivity index (χ4v) is 1.21. The van der Waals surface area contributed by atoms with Crippen LogP contribution in [0, 0.1) is 0 Å². The van der Waals surface area contributed by atoms with E-state index >= 15 is 0 Å². The van der Waals surface area contributed by atoms with Crippen LogP contribution in [0.3, 0.4) is 0 Å². The van der Waals surface area contributed by atoms with Gasteiger partial charge in [0.1, 0.15) is 6.10 Å². The monoisotopic (exact) mass is 184 g/mol. The van der Waals surface area contributed by atoms with Crippen LogP contribution < -0.4 is 0 Å². The van der Waals surface area contributed by atoms with E-state index in [1.807, 2.05) is 0 Å². The van der Waals surface area contributed by atoms with Crippen LogP contribution in [0.5, 0.6) is 0 Å². The third-order valence-electron chi connectivity index (χ3n) is 0.966. The average Bonchev–Trinajstić information content (AvgIpc) is 1.84. The predicted molar refractivity (Wildman–Crippen MR) is 38.5 cm³/mol. The molecule has 0 aromatic carbocycles. The predicted octanol–water partition coefficient (Wildman–Crippen LogP) is -1.29. The van der Waals surface area contributed by atoms with E-state index in [1.165, 1.54) is 0 Å². The van der Waals surface area contributed by atoms with Gasteiger partial charge in [-0.15, -0.1) is 0 Å². The van der Waals surface area contributed by atoms with Crippen molar-refractivity contribution in [3.8, 4) is 0 Å². The molecular formula is C5H12O5S. The molecule has 0 amide bonds. The summed E-state index contributed by atoms with van der Waals surface area (Å²) in [7, 11) is -3.53. The van der Waals surface area contributed by atoms with Gasteiger partial charge in [-0.2, -0.15) is 8.42 Å². The van der Waals surface area contributed by atoms with E-state index in [0.29, 0.717) is 0 Å². The van der Waals surface area contributed by atoms with E-state index in [-0.39, 0.29) is 13.0 Å². The Labute approximate surface area is 65.7 Å². The summed E-state index contributed by atoms with van der Waals surface area (Å²) in [6, 6.07) is 0. The number of aliphatic hydroxyl groups excluding tert-OH is 2. The zero-order valence-corrected chi connectivity index (χ0v) is 7.04. The molecule has 0 aromatic heterocycles. The Morgan fingerprint density at radius 2 is 2.00 bits per heavy atom. The molecule has 0 bridgehead atoms. The molecule has 0 saturated heterocycles. The van der Waals surface area contributed by atoms with Crippen molar-refractivity contribution < 1.29 is 22.8 Å². The van der Waals surface area contributed by atoms with Gasteiger partial charge in [0.05, 0.1) is 12.9 Å². The lowest BCUT2D eigenvalue weighted by atomic mass is 10.3. The van der Waals surface area contributed by atoms with Crippen molar-refractivity contribution in [1.82, 2.24) is 0 Å². The summed E-state index contributed by atoms with van der Waals surface area (Å²) in [5, 5.41) is 16.9. The van der Waals surface area contributed by atoms with Crippen LogP contribution in [0.15, 0.2) is 0 Å². The van der Waals surface area contributed by atoms with Crippen molar-refractivity contribution in [1.29, 1.82) is 0 Å². The summed E-state index contributed by atoms with van der Waals surface area (Å²) < 4.78 is 25.3. The van der Waals surface area contributed by atoms with Crippen molar-refractivity contribution in [2.75, 3.05) is 19.5 Å². The number of hydrogen-bond donors (Lipinski definition) is 2. The fourth-order valence-electron chi connectivity index (χ4n) is 0.561. The molecule has 1 atom stereocenters. The second-order valence-electron chi connectivity index (χ2n) is 2.12. The molecule has 0 unspecified atom stereocenters. The smallest absolute Gasteiger partial charge is 0.264 e. The molecule has 5 nitrogen and oxygen atoms in total. The normalized spacial score (nSPS) is 14.8. The highest BCUT2D eigenvalue weighted by Gasteiger charge is 2.13. The Bertz CT molecular complexity index is 185. The van der Waals surface area contributed by atoms with Gasteiger partial charge in [-0.1, -0.05) is 0 Å². The zero-order valence-electron chi connectivity index (χ0n) is 6.23. The van der Waals surface area contributed by atoms with E-state index in [2.05, 4.69) is 4.18 Å². The Hall–Kier alpha value is -0.170. The summed E-state index contributed by atoms with van der Waals surface area (Å²) in [4.78, 5) is 0. The summed E-state index contributed by atoms with van der Waals surface area (Å²) in [6.45, 7) is -0.617. The molecular weight excluding hydrogens is 172 g/mol. The zero-order chi connectivity index (χ0) is 8.91. The lowest BCUT2D eigenvalue weighted by molar-refractivity contribution is 0.0966. The Morgan fingerprint density at radius 3 is 2.27 bits per heavy atom. The second-order valence-corrected chi connectivity index (χ2v) is 3.72. The maximum atomic E-state index is 10.5. The molecule has 0 radical (unpaired) electrons. The number of hydrogen-bond acceptors (Lipinski definition) is 5. The van der Waals surface area contributed by atoms with Gasteiger partial charge in [0, 0.05) is 13.0 Å². The molecule has 2 N–H and O–H groups in total. The van der Waals surface area contributed by atoms with Crippen LogP contribution in [-0.2, 0) is 14.3 Å². The highest BCUT2D eigenvalue weighted by Crippen LogP contribution is 2.00. The first-order valence-corrected chi connectivity index (χ1v) is 4.91. The summed E-state index contributed by atoms with van der Waals surface area (Å²) in [6.07, 6.45) is 0.186. The molecule has 68 valence electrons. The van der Waals surface area contributed by atoms with Crippen LogP contribution in [0.25, 0.3) is 0 Å². The van der Waals surface area contributed by atoms with Gasteiger partial charge in [0.25, 0.3) is 10.1 Å². The first kappa shape index (κ1) is 10.8. The molecule has 0 fully saturated rings. The van der Waals surface area contributed by atoms with Crippen LogP contribution >= 0.6 is 0 Å². The van der Waals surface area contributed by atoms with Crippen LogP contribution in [0.1, 0.15) is 6.42 Å². The fraction of sp³-hybridized carbons (Fsp3) is 1.00. The van der Waals surface area contributed by atoms with Crippen molar-refractivity contribution >= 4 is 10.1 Å². The van der Waals surface area contributed by atoms with E-state index in [0.717, 1.165) is 6.26 Å². The first-order valence-electron chi connectivity index (χ1n) is 3.09. The number of aliphatic hydroxyl groups is 2. The third-order valence-corrected chi connectivity index (χ3v) is 1.59. The molecule has 0 aliphatic rings. The maximum absolute atomic E-state index is 10.5. The van der Waals surface area contributed by atoms with Gasteiger partial charge in [-0.05, 0) is 0 Å². The van der Waals surface area contributed by atoms with E-state index in [1.54, 1.807) is 0 Å². The van der Waals surface area contributed by atoms with E-state index < -0.39 is 22.8 Å². The van der Waals surface area contributed by atoms with Crippen LogP contribution in [0.2, 0.25) is 0 Å². The highest BCUT2D eigenvalue weighted by molar-refractivity contribution is 7.86. The van der Waals surface area contributed by atoms with Crippen molar-refractivity contribution in [3.63, 3.8) is 0 Å². The molecule has 0 aromatic rings. The standard InChI is InChI=1S/C5H12O5S/c1-11(8,9)10-5(4-7)2-3-6/h5-7H,2-4H2,1H3/t5-/m0/s1. The van der Waals surface area contributed by atoms with Gasteiger partial charge >= 0.3 is 0 Å². The molecule has 0 rings (SSSR count). The highest BCUT2D eigenvalue weighted by atomic mass is 32.2. The third kappa shape index (κ3) is 6.24. The molecule has 0 spiro atoms. The van der Waals surface area contributed by atoms with Crippen molar-refractivity contribution in [2.45, 2.75) is 12.5 Å². The molecule has 6 heteroatoms. The minimum Gasteiger partial charge on any atom is -0.396 e.